The number of H-pyrrole nitrogens is 1. The Kier molecular flexibility index (Phi) is 10.2. The summed E-state index contributed by atoms with van der Waals surface area (Å²) in [6.07, 6.45) is 5.87. The number of pyridine rings is 2. The summed E-state index contributed by atoms with van der Waals surface area (Å²) in [6, 6.07) is 17.7. The van der Waals surface area contributed by atoms with Crippen molar-refractivity contribution >= 4 is 10.1 Å². The maximum atomic E-state index is 14.6. The third kappa shape index (κ3) is 8.71. The number of halogens is 1. The van der Waals surface area contributed by atoms with Crippen molar-refractivity contribution in [2.45, 2.75) is 44.0 Å². The first kappa shape index (κ1) is 29.9. The normalized spacial score (nSPS) is 14.9. The van der Waals surface area contributed by atoms with Gasteiger partial charge in [-0.1, -0.05) is 17.7 Å². The molecule has 0 bridgehead atoms. The minimum atomic E-state index is -4.27. The van der Waals surface area contributed by atoms with E-state index in [-0.39, 0.29) is 17.8 Å². The molecule has 5 rings (SSSR count). The molecule has 1 unspecified atom stereocenters. The molecule has 1 aliphatic heterocycles. The Bertz CT molecular complexity index is 1530. The highest BCUT2D eigenvalue weighted by atomic mass is 32.2. The van der Waals surface area contributed by atoms with Crippen molar-refractivity contribution in [1.29, 1.82) is 0 Å². The number of benzene rings is 2. The van der Waals surface area contributed by atoms with Gasteiger partial charge < -0.3 is 23.5 Å². The molecule has 41 heavy (non-hydrogen) atoms. The second-order valence-electron chi connectivity index (χ2n) is 9.23. The first-order valence-corrected chi connectivity index (χ1v) is 14.4. The lowest BCUT2D eigenvalue weighted by atomic mass is 10.1. The zero-order valence-corrected chi connectivity index (χ0v) is 23.5. The van der Waals surface area contributed by atoms with Crippen molar-refractivity contribution < 1.29 is 41.3 Å². The van der Waals surface area contributed by atoms with Crippen LogP contribution in [0, 0.1) is 12.7 Å². The maximum absolute atomic E-state index is 14.6. The van der Waals surface area contributed by atoms with Crippen molar-refractivity contribution in [3.05, 3.63) is 96.1 Å². The Morgan fingerprint density at radius 1 is 1.10 bits per heavy atom. The molecule has 0 amide bonds. The van der Waals surface area contributed by atoms with Gasteiger partial charge in [0.1, 0.15) is 39.7 Å². The van der Waals surface area contributed by atoms with E-state index in [4.69, 9.17) is 18.9 Å². The number of methoxy groups -OCH3 is 1. The average Bonchev–Trinajstić information content (AvgIpc) is 2.98. The van der Waals surface area contributed by atoms with Crippen molar-refractivity contribution in [1.82, 2.24) is 4.98 Å². The van der Waals surface area contributed by atoms with Crippen LogP contribution in [0.3, 0.4) is 0 Å². The molecule has 1 saturated heterocycles. The Morgan fingerprint density at radius 2 is 1.90 bits per heavy atom. The van der Waals surface area contributed by atoms with Gasteiger partial charge in [0.05, 0.1) is 24.7 Å². The van der Waals surface area contributed by atoms with Crippen LogP contribution in [0.15, 0.2) is 84.0 Å². The van der Waals surface area contributed by atoms with Crippen LogP contribution in [0.25, 0.3) is 11.3 Å². The van der Waals surface area contributed by atoms with Gasteiger partial charge in [0.2, 0.25) is 0 Å². The molecule has 9 nitrogen and oxygen atoms in total. The van der Waals surface area contributed by atoms with Gasteiger partial charge in [0, 0.05) is 29.8 Å². The summed E-state index contributed by atoms with van der Waals surface area (Å²) in [5.74, 6) is 1.23. The van der Waals surface area contributed by atoms with E-state index >= 15 is 0 Å². The molecule has 11 heteroatoms. The van der Waals surface area contributed by atoms with E-state index < -0.39 is 15.9 Å². The molecule has 0 aliphatic carbocycles. The zero-order chi connectivity index (χ0) is 29.2. The predicted molar refractivity (Wildman–Crippen MR) is 147 cm³/mol. The highest BCUT2D eigenvalue weighted by Crippen LogP contribution is 2.34. The summed E-state index contributed by atoms with van der Waals surface area (Å²) in [7, 11) is -2.73. The fourth-order valence-electron chi connectivity index (χ4n) is 3.95. The van der Waals surface area contributed by atoms with Crippen LogP contribution in [0.4, 0.5) is 4.39 Å². The topological polar surface area (TPSA) is 121 Å². The van der Waals surface area contributed by atoms with E-state index in [9.17, 15) is 17.4 Å². The second-order valence-corrected chi connectivity index (χ2v) is 10.6. The van der Waals surface area contributed by atoms with E-state index in [1.54, 1.807) is 43.8 Å². The fraction of sp³-hybridized carbons (Fsp3) is 0.267. The predicted octanol–water partition coefficient (Wildman–Crippen LogP) is 5.09. The van der Waals surface area contributed by atoms with Crippen LogP contribution < -0.4 is 19.2 Å². The Hall–Kier alpha value is -4.06. The smallest absolute Gasteiger partial charge is 0.366 e. The molecule has 216 valence electrons. The first-order chi connectivity index (χ1) is 19.7. The van der Waals surface area contributed by atoms with Crippen LogP contribution in [0.2, 0.25) is 0 Å². The van der Waals surface area contributed by atoms with E-state index in [1.807, 2.05) is 31.2 Å². The number of nitrogens with one attached hydrogen (secondary N) is 1. The molecular formula is C30H31FN2O7S. The van der Waals surface area contributed by atoms with Gasteiger partial charge in [-0.3, -0.25) is 4.98 Å². The fourth-order valence-corrected chi connectivity index (χ4v) is 4.42. The number of aromatic nitrogens is 2. The molecule has 1 N–H and O–H groups in total. The molecule has 1 aliphatic rings. The zero-order valence-electron chi connectivity index (χ0n) is 22.7. The van der Waals surface area contributed by atoms with Crippen LogP contribution in [0.1, 0.15) is 30.4 Å². The monoisotopic (exact) mass is 582 g/mol. The molecule has 2 aromatic heterocycles. The highest BCUT2D eigenvalue weighted by molar-refractivity contribution is 7.85. The van der Waals surface area contributed by atoms with Crippen LogP contribution in [-0.2, 0) is 21.5 Å². The van der Waals surface area contributed by atoms with Crippen molar-refractivity contribution in [3.8, 4) is 28.6 Å². The third-order valence-electron chi connectivity index (χ3n) is 6.12. The van der Waals surface area contributed by atoms with Gasteiger partial charge in [-0.15, -0.1) is 0 Å². The van der Waals surface area contributed by atoms with Gasteiger partial charge in [-0.25, -0.2) is 12.8 Å². The average molecular weight is 583 g/mol. The number of aromatic amines is 1. The largest absolute Gasteiger partial charge is 0.744 e. The minimum Gasteiger partial charge on any atom is -0.744 e. The van der Waals surface area contributed by atoms with E-state index in [1.165, 1.54) is 18.2 Å². The summed E-state index contributed by atoms with van der Waals surface area (Å²) in [5.41, 5.74) is 2.43. The SMILES string of the molecule is COc1ccc(F)c(-c2ncc(COc3cccc[nH+]3)cc2OC2CCCCO2)c1.Cc1ccc(S(=O)(=O)[O-])cc1. The van der Waals surface area contributed by atoms with Gasteiger partial charge in [0.15, 0.2) is 12.5 Å². The van der Waals surface area contributed by atoms with Crippen LogP contribution >= 0.6 is 0 Å². The van der Waals surface area contributed by atoms with E-state index in [0.29, 0.717) is 35.2 Å². The first-order valence-electron chi connectivity index (χ1n) is 13.0. The molecule has 0 spiro atoms. The van der Waals surface area contributed by atoms with Crippen LogP contribution in [-0.4, -0.2) is 38.0 Å². The standard InChI is InChI=1S/C23H23FN2O4.C7H8O3S/c1-27-17-8-9-19(24)18(13-17)23-20(30-22-7-3-5-11-28-22)12-16(14-26-23)15-29-21-6-2-4-10-25-21;1-6-2-4-7(5-3-6)11(8,9)10/h2,4,6,8-10,12-14,22H,3,5,7,11,15H2,1H3;2-5H,1H3,(H,8,9,10). The van der Waals surface area contributed by atoms with E-state index in [0.717, 1.165) is 30.4 Å². The Morgan fingerprint density at radius 3 is 2.56 bits per heavy atom. The number of hydrogen-bond acceptors (Lipinski definition) is 8. The van der Waals surface area contributed by atoms with Crippen molar-refractivity contribution in [2.24, 2.45) is 0 Å². The summed E-state index contributed by atoms with van der Waals surface area (Å²) >= 11 is 0. The summed E-state index contributed by atoms with van der Waals surface area (Å²) in [6.45, 7) is 2.76. The lowest BCUT2D eigenvalue weighted by molar-refractivity contribution is -0.395. The molecule has 3 heterocycles. The molecule has 0 saturated carbocycles. The number of nitrogens with zero attached hydrogens (tertiary/aromatic N) is 1. The minimum absolute atomic E-state index is 0.178. The van der Waals surface area contributed by atoms with Gasteiger partial charge >= 0.3 is 5.88 Å². The number of aryl methyl sites for hydroxylation is 1. The third-order valence-corrected chi connectivity index (χ3v) is 6.97. The second kappa shape index (κ2) is 14.0. The quantitative estimate of drug-likeness (QED) is 0.263. The molecule has 2 aromatic carbocycles. The Labute approximate surface area is 238 Å². The number of ether oxygens (including phenoxy) is 4. The van der Waals surface area contributed by atoms with E-state index in [2.05, 4.69) is 9.97 Å². The number of rotatable bonds is 8. The number of hydrogen-bond donors (Lipinski definition) is 0. The Balaban J connectivity index is 0.000000296. The molecule has 1 atom stereocenters. The van der Waals surface area contributed by atoms with Gasteiger partial charge in [0.25, 0.3) is 0 Å². The van der Waals surface area contributed by atoms with Crippen LogP contribution in [0.5, 0.6) is 17.4 Å². The van der Waals surface area contributed by atoms with Gasteiger partial charge in [-0.2, -0.15) is 4.98 Å². The highest BCUT2D eigenvalue weighted by Gasteiger charge is 2.21. The molecule has 1 fully saturated rings. The van der Waals surface area contributed by atoms with Crippen molar-refractivity contribution in [3.63, 3.8) is 0 Å². The lowest BCUT2D eigenvalue weighted by Gasteiger charge is -2.24. The van der Waals surface area contributed by atoms with Gasteiger partial charge in [-0.05, 0) is 62.2 Å². The summed E-state index contributed by atoms with van der Waals surface area (Å²) in [5, 5.41) is 0. The molecule has 0 radical (unpaired) electrons. The lowest BCUT2D eigenvalue weighted by Crippen LogP contribution is -2.25. The summed E-state index contributed by atoms with van der Waals surface area (Å²) in [4.78, 5) is 7.34. The molecular weight excluding hydrogens is 551 g/mol. The van der Waals surface area contributed by atoms with Crippen molar-refractivity contribution in [2.75, 3.05) is 13.7 Å². The molecule has 4 aromatic rings. The summed E-state index contributed by atoms with van der Waals surface area (Å²) < 4.78 is 68.6. The maximum Gasteiger partial charge on any atom is 0.366 e.